The summed E-state index contributed by atoms with van der Waals surface area (Å²) in [6, 6.07) is 9.69. The van der Waals surface area contributed by atoms with Crippen LogP contribution in [0.25, 0.3) is 0 Å². The minimum absolute atomic E-state index is 0. The molecule has 0 saturated heterocycles. The van der Waals surface area contributed by atoms with E-state index < -0.39 is 8.15 Å². The topological polar surface area (TPSA) is 120 Å². The van der Waals surface area contributed by atoms with Gasteiger partial charge in [-0.05, 0) is 6.66 Å². The molecule has 0 aliphatic rings. The van der Waals surface area contributed by atoms with Crippen molar-refractivity contribution in [2.75, 3.05) is 6.66 Å². The second-order valence-corrected chi connectivity index (χ2v) is 3.42. The van der Waals surface area contributed by atoms with Crippen LogP contribution >= 0.6 is 8.15 Å². The van der Waals surface area contributed by atoms with Crippen LogP contribution in [-0.2, 0) is 44.3 Å². The van der Waals surface area contributed by atoms with E-state index >= 15 is 0 Å². The van der Waals surface area contributed by atoms with Gasteiger partial charge in [-0.15, -0.1) is 0 Å². The fourth-order valence-electron chi connectivity index (χ4n) is 0.644. The zero-order chi connectivity index (χ0) is 16.7. The molecular weight excluding hydrogens is 455 g/mol. The fraction of sp³-hybridized carbons (Fsp3) is 0.0833. The fourth-order valence-corrected chi connectivity index (χ4v) is 1.25. The quantitative estimate of drug-likeness (QED) is 0.375. The smallest absolute Gasteiger partial charge is 0 e. The third-order valence-corrected chi connectivity index (χ3v) is 2.18. The van der Waals surface area contributed by atoms with Crippen molar-refractivity contribution in [3.8, 4) is 0 Å². The molecule has 0 aliphatic carbocycles. The third-order valence-electron chi connectivity index (χ3n) is 1.13. The van der Waals surface area contributed by atoms with Crippen LogP contribution in [0.1, 0.15) is 0 Å². The summed E-state index contributed by atoms with van der Waals surface area (Å²) in [5, 5.41) is 1.03. The largest absolute Gasteiger partial charge is 0 e. The zero-order valence-electron chi connectivity index (χ0n) is 10.2. The Morgan fingerprint density at radius 1 is 0.750 bits per heavy atom. The van der Waals surface area contributed by atoms with Gasteiger partial charge in [-0.2, -0.15) is 0 Å². The first-order valence-corrected chi connectivity index (χ1v) is 5.54. The molecule has 8 heteroatoms. The summed E-state index contributed by atoms with van der Waals surface area (Å²) in [5.74, 6) is 0. The van der Waals surface area contributed by atoms with Gasteiger partial charge in [-0.1, -0.05) is 30.3 Å². The van der Waals surface area contributed by atoms with Crippen LogP contribution in [0.4, 0.5) is 0 Å². The van der Waals surface area contributed by atoms with Gasteiger partial charge < -0.3 is 4.89 Å². The van der Waals surface area contributed by atoms with Crippen LogP contribution in [0.2, 0.25) is 0 Å². The molecule has 0 spiro atoms. The summed E-state index contributed by atoms with van der Waals surface area (Å²) >= 11 is 0. The second-order valence-electron chi connectivity index (χ2n) is 1.86. The number of rotatable bonds is 1. The zero-order valence-corrected chi connectivity index (χ0v) is 14.1. The maximum Gasteiger partial charge on any atom is 0 e. The molecule has 1 aromatic rings. The van der Waals surface area contributed by atoms with Gasteiger partial charge in [0, 0.05) is 26.4 Å². The van der Waals surface area contributed by atoms with Gasteiger partial charge in [0.05, 0.1) is 8.15 Å². The van der Waals surface area contributed by atoms with Gasteiger partial charge in [-0.25, -0.2) is 0 Å². The molecule has 0 saturated carbocycles. The Bertz CT molecular complexity index is 321. The normalized spacial score (nSPS) is 6.40. The van der Waals surface area contributed by atoms with E-state index in [1.807, 2.05) is 37.0 Å². The van der Waals surface area contributed by atoms with E-state index in [4.69, 9.17) is 28.2 Å². The summed E-state index contributed by atoms with van der Waals surface area (Å²) in [4.78, 5) is 9.09. The SMILES string of the molecule is C[P@](O)c1ccccc1.[C-]#[O+].[C-]#[O+].[C-]#[O+].[C-]#[O+].[C-]#[O+].[W]. The molecule has 0 aromatic heterocycles. The van der Waals surface area contributed by atoms with Crippen molar-refractivity contribution in [2.45, 2.75) is 0 Å². The van der Waals surface area contributed by atoms with Crippen molar-refractivity contribution in [2.24, 2.45) is 0 Å². The summed E-state index contributed by atoms with van der Waals surface area (Å²) in [6.07, 6.45) is 0. The van der Waals surface area contributed by atoms with E-state index in [2.05, 4.69) is 33.3 Å². The molecule has 0 amide bonds. The van der Waals surface area contributed by atoms with Crippen LogP contribution in [0.5, 0.6) is 0 Å². The molecule has 20 heavy (non-hydrogen) atoms. The molecule has 0 aliphatic heterocycles. The molecule has 0 radical (unpaired) electrons. The van der Waals surface area contributed by atoms with Crippen molar-refractivity contribution in [1.29, 1.82) is 0 Å². The molecule has 0 heterocycles. The Labute approximate surface area is 133 Å². The molecule has 1 N–H and O–H groups in total. The molecule has 1 rings (SSSR count). The minimum Gasteiger partial charge on any atom is 0 e. The molecule has 1 aromatic carbocycles. The maximum atomic E-state index is 9.09. The Morgan fingerprint density at radius 3 is 1.15 bits per heavy atom. The molecule has 0 bridgehead atoms. The van der Waals surface area contributed by atoms with E-state index in [0.29, 0.717) is 0 Å². The Kier molecular flexibility index (Phi) is 94.7. The standard InChI is InChI=1S/C7H9OP.5CO.W/c1-9(8)7-5-3-2-4-6-7;5*1-2;/h2-6,8H,1H3;;;;;;/t9-;;;;;;/m0....../s1. The van der Waals surface area contributed by atoms with Gasteiger partial charge in [0.25, 0.3) is 0 Å². The van der Waals surface area contributed by atoms with Crippen molar-refractivity contribution >= 4 is 13.5 Å². The predicted octanol–water partition coefficient (Wildman–Crippen LogP) is 1.14. The van der Waals surface area contributed by atoms with E-state index in [0.717, 1.165) is 5.30 Å². The second kappa shape index (κ2) is 52.0. The molecule has 6 nitrogen and oxygen atoms in total. The van der Waals surface area contributed by atoms with E-state index in [1.54, 1.807) is 0 Å². The van der Waals surface area contributed by atoms with Gasteiger partial charge in [0.15, 0.2) is 0 Å². The van der Waals surface area contributed by atoms with Gasteiger partial charge in [-0.3, -0.25) is 0 Å². The van der Waals surface area contributed by atoms with Gasteiger partial charge >= 0.3 is 56.5 Å². The van der Waals surface area contributed by atoms with Crippen molar-refractivity contribution in [3.63, 3.8) is 0 Å². The van der Waals surface area contributed by atoms with Crippen LogP contribution in [0, 0.1) is 33.3 Å². The average molecular weight is 464 g/mol. The van der Waals surface area contributed by atoms with Crippen molar-refractivity contribution < 1.29 is 49.2 Å². The summed E-state index contributed by atoms with van der Waals surface area (Å²) in [5.41, 5.74) is 0. The number of benzene rings is 1. The molecule has 1 atom stereocenters. The Hall–Kier alpha value is -1.00. The summed E-state index contributed by atoms with van der Waals surface area (Å²) in [6.45, 7) is 24.3. The summed E-state index contributed by atoms with van der Waals surface area (Å²) < 4.78 is 37.5. The predicted molar refractivity (Wildman–Crippen MR) is 60.8 cm³/mol. The Morgan fingerprint density at radius 2 is 1.00 bits per heavy atom. The van der Waals surface area contributed by atoms with Crippen LogP contribution in [0.15, 0.2) is 30.3 Å². The molecule has 0 unspecified atom stereocenters. The van der Waals surface area contributed by atoms with E-state index in [-0.39, 0.29) is 21.1 Å². The molecule has 0 fully saturated rings. The van der Waals surface area contributed by atoms with Gasteiger partial charge in [0.1, 0.15) is 0 Å². The minimum atomic E-state index is -0.896. The van der Waals surface area contributed by atoms with E-state index in [1.165, 1.54) is 0 Å². The van der Waals surface area contributed by atoms with Gasteiger partial charge in [0.2, 0.25) is 0 Å². The monoisotopic (exact) mass is 464 g/mol. The van der Waals surface area contributed by atoms with Crippen molar-refractivity contribution in [3.05, 3.63) is 63.6 Å². The summed E-state index contributed by atoms with van der Waals surface area (Å²) in [7, 11) is -0.896. The Balaban J connectivity index is -0.0000000384. The third kappa shape index (κ3) is 36.0. The first kappa shape index (κ1) is 36.4. The van der Waals surface area contributed by atoms with Crippen molar-refractivity contribution in [1.82, 2.24) is 0 Å². The number of hydrogen-bond acceptors (Lipinski definition) is 1. The molecular formula is C12H9O6PW. The maximum absolute atomic E-state index is 9.09. The average Bonchev–Trinajstić information content (AvgIpc) is 2.57. The molecule has 104 valence electrons. The van der Waals surface area contributed by atoms with Crippen LogP contribution in [0.3, 0.4) is 0 Å². The van der Waals surface area contributed by atoms with Crippen LogP contribution < -0.4 is 5.30 Å². The first-order valence-electron chi connectivity index (χ1n) is 3.80. The number of hydrogen-bond donors (Lipinski definition) is 1. The van der Waals surface area contributed by atoms with Crippen LogP contribution in [-0.4, -0.2) is 11.6 Å². The first-order chi connectivity index (χ1) is 9.30. The van der Waals surface area contributed by atoms with E-state index in [9.17, 15) is 0 Å².